The summed E-state index contributed by atoms with van der Waals surface area (Å²) in [6, 6.07) is 10.7. The number of hydroxylamine groups is 2. The van der Waals surface area contributed by atoms with Crippen LogP contribution in [0.15, 0.2) is 30.3 Å². The van der Waals surface area contributed by atoms with Gasteiger partial charge in [-0.2, -0.15) is 5.06 Å². The number of hydrogen-bond donors (Lipinski definition) is 1. The second kappa shape index (κ2) is 17.3. The number of nitrogens with zero attached hydrogens (tertiary/aromatic N) is 1. The van der Waals surface area contributed by atoms with Crippen LogP contribution in [0.2, 0.25) is 0 Å². The molecule has 1 heterocycles. The normalized spacial score (nSPS) is 19.8. The minimum atomic E-state index is -0.165. The van der Waals surface area contributed by atoms with Crippen molar-refractivity contribution in [2.24, 2.45) is 0 Å². The fraction of sp³-hybridized carbons (Fsp3) is 0.794. The molecule has 1 N–H and O–H groups in total. The molecular weight excluding hydrogens is 468 g/mol. The number of carbonyl (C=O) groups excluding carboxylic acids is 1. The molecule has 0 aliphatic carbocycles. The van der Waals surface area contributed by atoms with E-state index in [0.717, 1.165) is 32.1 Å². The fourth-order valence-corrected chi connectivity index (χ4v) is 6.49. The van der Waals surface area contributed by atoms with E-state index in [1.165, 1.54) is 76.2 Å². The van der Waals surface area contributed by atoms with Crippen LogP contribution in [0.5, 0.6) is 0 Å². The minimum absolute atomic E-state index is 0.00936. The lowest BCUT2D eigenvalue weighted by atomic mass is 9.74. The second-order valence-electron chi connectivity index (χ2n) is 12.5. The van der Waals surface area contributed by atoms with Crippen LogP contribution in [-0.4, -0.2) is 28.1 Å². The third-order valence-electron chi connectivity index (χ3n) is 8.82. The van der Waals surface area contributed by atoms with Gasteiger partial charge in [0.1, 0.15) is 6.10 Å². The topological polar surface area (TPSA) is 41.6 Å². The molecule has 0 spiro atoms. The molecule has 1 aromatic carbocycles. The Morgan fingerprint density at radius 1 is 0.868 bits per heavy atom. The summed E-state index contributed by atoms with van der Waals surface area (Å²) in [5, 5.41) is 5.72. The molecule has 1 saturated heterocycles. The number of carbonyl (C=O) groups is 1. The Balaban J connectivity index is 1.75. The maximum atomic E-state index is 12.9. The highest BCUT2D eigenvalue weighted by Gasteiger charge is 2.50. The predicted molar refractivity (Wildman–Crippen MR) is 162 cm³/mol. The zero-order valence-electron chi connectivity index (χ0n) is 25.8. The average Bonchev–Trinajstić information content (AvgIpc) is 2.90. The standard InChI is InChI=1S/C34H60N2O2/c1-7-10-11-12-13-14-15-16-17-18-19-23-26-32(37)35-31-27-33(5,6)36(34(8-2,9-3)28-31)38-29(4)30-24-21-20-22-25-30/h20-22,24-25,29,31H,7-19,23,26-28H2,1-6H3,(H,35,37). The molecule has 2 rings (SSSR count). The van der Waals surface area contributed by atoms with Gasteiger partial charge < -0.3 is 5.32 Å². The first kappa shape index (κ1) is 32.8. The summed E-state index contributed by atoms with van der Waals surface area (Å²) in [5.41, 5.74) is 0.947. The molecule has 4 heteroatoms. The smallest absolute Gasteiger partial charge is 0.220 e. The van der Waals surface area contributed by atoms with Crippen LogP contribution in [0.4, 0.5) is 0 Å². The summed E-state index contributed by atoms with van der Waals surface area (Å²) >= 11 is 0. The third kappa shape index (κ3) is 10.6. The van der Waals surface area contributed by atoms with Crippen LogP contribution in [0.3, 0.4) is 0 Å². The van der Waals surface area contributed by atoms with Gasteiger partial charge in [-0.3, -0.25) is 9.63 Å². The van der Waals surface area contributed by atoms with Gasteiger partial charge >= 0.3 is 0 Å². The van der Waals surface area contributed by atoms with E-state index in [9.17, 15) is 4.79 Å². The van der Waals surface area contributed by atoms with Gasteiger partial charge in [0, 0.05) is 23.5 Å². The zero-order valence-corrected chi connectivity index (χ0v) is 25.8. The van der Waals surface area contributed by atoms with Gasteiger partial charge in [0.15, 0.2) is 0 Å². The Bertz CT molecular complexity index is 759. The predicted octanol–water partition coefficient (Wildman–Crippen LogP) is 9.69. The van der Waals surface area contributed by atoms with E-state index >= 15 is 0 Å². The van der Waals surface area contributed by atoms with Crippen LogP contribution in [-0.2, 0) is 9.63 Å². The fourth-order valence-electron chi connectivity index (χ4n) is 6.49. The van der Waals surface area contributed by atoms with Gasteiger partial charge in [-0.1, -0.05) is 122 Å². The van der Waals surface area contributed by atoms with E-state index in [4.69, 9.17) is 4.84 Å². The van der Waals surface area contributed by atoms with Gasteiger partial charge in [0.25, 0.3) is 0 Å². The lowest BCUT2D eigenvalue weighted by molar-refractivity contribution is -0.316. The van der Waals surface area contributed by atoms with Crippen molar-refractivity contribution in [2.45, 2.75) is 174 Å². The molecule has 0 saturated carbocycles. The summed E-state index contributed by atoms with van der Waals surface area (Å²) in [6.07, 6.45) is 20.3. The van der Waals surface area contributed by atoms with Gasteiger partial charge in [0.05, 0.1) is 0 Å². The first-order valence-corrected chi connectivity index (χ1v) is 16.1. The number of unbranched alkanes of at least 4 members (excludes halogenated alkanes) is 11. The van der Waals surface area contributed by atoms with Crippen molar-refractivity contribution in [1.82, 2.24) is 10.4 Å². The lowest BCUT2D eigenvalue weighted by Gasteiger charge is -2.57. The molecule has 4 nitrogen and oxygen atoms in total. The van der Waals surface area contributed by atoms with E-state index in [-0.39, 0.29) is 29.1 Å². The summed E-state index contributed by atoms with van der Waals surface area (Å²) in [7, 11) is 0. The molecule has 1 aliphatic rings. The molecule has 1 fully saturated rings. The van der Waals surface area contributed by atoms with Gasteiger partial charge in [-0.15, -0.1) is 0 Å². The number of piperidine rings is 1. The minimum Gasteiger partial charge on any atom is -0.353 e. The van der Waals surface area contributed by atoms with Crippen molar-refractivity contribution in [3.8, 4) is 0 Å². The lowest BCUT2D eigenvalue weighted by Crippen LogP contribution is -2.66. The summed E-state index contributed by atoms with van der Waals surface area (Å²) in [6.45, 7) is 13.5. The zero-order chi connectivity index (χ0) is 27.9. The van der Waals surface area contributed by atoms with Crippen LogP contribution in [0.25, 0.3) is 0 Å². The molecule has 0 radical (unpaired) electrons. The largest absolute Gasteiger partial charge is 0.353 e. The van der Waals surface area contributed by atoms with Gasteiger partial charge in [0.2, 0.25) is 5.91 Å². The van der Waals surface area contributed by atoms with Crippen molar-refractivity contribution in [3.05, 3.63) is 35.9 Å². The van der Waals surface area contributed by atoms with E-state index in [0.29, 0.717) is 6.42 Å². The number of benzene rings is 1. The molecular formula is C34H60N2O2. The average molecular weight is 529 g/mol. The molecule has 38 heavy (non-hydrogen) atoms. The highest BCUT2D eigenvalue weighted by Crippen LogP contribution is 2.44. The Morgan fingerprint density at radius 3 is 1.92 bits per heavy atom. The summed E-state index contributed by atoms with van der Waals surface area (Å²) in [5.74, 6) is 0.228. The SMILES string of the molecule is CCCCCCCCCCCCCCC(=O)NC1CC(C)(C)N(OC(C)c2ccccc2)C(CC)(CC)C1. The van der Waals surface area contributed by atoms with Crippen molar-refractivity contribution < 1.29 is 9.63 Å². The molecule has 1 aromatic rings. The van der Waals surface area contributed by atoms with E-state index in [1.54, 1.807) is 0 Å². The third-order valence-corrected chi connectivity index (χ3v) is 8.82. The van der Waals surface area contributed by atoms with Gasteiger partial charge in [-0.05, 0) is 58.4 Å². The molecule has 218 valence electrons. The number of amides is 1. The highest BCUT2D eigenvalue weighted by molar-refractivity contribution is 5.76. The maximum absolute atomic E-state index is 12.9. The monoisotopic (exact) mass is 528 g/mol. The van der Waals surface area contributed by atoms with Crippen molar-refractivity contribution in [2.75, 3.05) is 0 Å². The van der Waals surface area contributed by atoms with E-state index in [2.05, 4.69) is 76.2 Å². The van der Waals surface area contributed by atoms with Crippen molar-refractivity contribution in [3.63, 3.8) is 0 Å². The van der Waals surface area contributed by atoms with Crippen LogP contribution < -0.4 is 5.32 Å². The number of nitrogens with one attached hydrogen (secondary N) is 1. The Hall–Kier alpha value is -1.39. The molecule has 1 amide bonds. The van der Waals surface area contributed by atoms with Crippen molar-refractivity contribution in [1.29, 1.82) is 0 Å². The molecule has 0 aromatic heterocycles. The van der Waals surface area contributed by atoms with Crippen LogP contribution in [0, 0.1) is 0 Å². The Kier molecular flexibility index (Phi) is 15.0. The molecule has 2 atom stereocenters. The Labute approximate surface area is 235 Å². The van der Waals surface area contributed by atoms with Crippen LogP contribution in [0.1, 0.15) is 162 Å². The maximum Gasteiger partial charge on any atom is 0.220 e. The highest BCUT2D eigenvalue weighted by atomic mass is 16.7. The molecule has 0 bridgehead atoms. The van der Waals surface area contributed by atoms with E-state index in [1.807, 2.05) is 6.07 Å². The van der Waals surface area contributed by atoms with E-state index < -0.39 is 0 Å². The number of hydrogen-bond acceptors (Lipinski definition) is 3. The van der Waals surface area contributed by atoms with Gasteiger partial charge in [-0.25, -0.2) is 0 Å². The first-order valence-electron chi connectivity index (χ1n) is 16.1. The molecule has 1 aliphatic heterocycles. The Morgan fingerprint density at radius 2 is 1.39 bits per heavy atom. The summed E-state index contributed by atoms with van der Waals surface area (Å²) in [4.78, 5) is 19.6. The second-order valence-corrected chi connectivity index (χ2v) is 12.5. The summed E-state index contributed by atoms with van der Waals surface area (Å²) < 4.78 is 0. The van der Waals surface area contributed by atoms with Crippen molar-refractivity contribution >= 4 is 5.91 Å². The van der Waals surface area contributed by atoms with Crippen LogP contribution >= 0.6 is 0 Å². The first-order chi connectivity index (χ1) is 18.3. The molecule has 2 unspecified atom stereocenters. The number of rotatable bonds is 19. The quantitative estimate of drug-likeness (QED) is 0.182.